The number of nitrogens with zero attached hydrogens (tertiary/aromatic N) is 2. The third-order valence-corrected chi connectivity index (χ3v) is 5.02. The van der Waals surface area contributed by atoms with E-state index in [9.17, 15) is 19.2 Å². The molecule has 3 heterocycles. The molecule has 0 unspecified atom stereocenters. The molecular weight excluding hydrogens is 386 g/mol. The highest BCUT2D eigenvalue weighted by atomic mass is 32.1. The van der Waals surface area contributed by atoms with Crippen LogP contribution in [0.25, 0.3) is 0 Å². The van der Waals surface area contributed by atoms with E-state index in [1.807, 2.05) is 0 Å². The normalized spacial score (nSPS) is 15.9. The molecule has 9 nitrogen and oxygen atoms in total. The number of carbonyl (C=O) groups excluding carboxylic acids is 4. The van der Waals surface area contributed by atoms with Crippen LogP contribution in [0.5, 0.6) is 11.5 Å². The molecule has 10 heteroatoms. The zero-order chi connectivity index (χ0) is 19.7. The maximum Gasteiger partial charge on any atom is 0.335 e. The minimum atomic E-state index is -1.01. The summed E-state index contributed by atoms with van der Waals surface area (Å²) >= 11 is 1.37. The lowest BCUT2D eigenvalue weighted by Crippen LogP contribution is -2.38. The Morgan fingerprint density at radius 2 is 1.79 bits per heavy atom. The van der Waals surface area contributed by atoms with E-state index < -0.39 is 30.3 Å². The summed E-state index contributed by atoms with van der Waals surface area (Å²) in [5, 5.41) is 4.39. The summed E-state index contributed by atoms with van der Waals surface area (Å²) in [6.07, 6.45) is 0. The fourth-order valence-electron chi connectivity index (χ4n) is 2.85. The Kier molecular flexibility index (Phi) is 4.70. The van der Waals surface area contributed by atoms with Gasteiger partial charge < -0.3 is 14.8 Å². The molecule has 5 amide bonds. The fraction of sp³-hybridized carbons (Fsp3) is 0.222. The molecule has 2 aliphatic heterocycles. The predicted octanol–water partition coefficient (Wildman–Crippen LogP) is 1.45. The van der Waals surface area contributed by atoms with Gasteiger partial charge in [-0.1, -0.05) is 6.07 Å². The van der Waals surface area contributed by atoms with Crippen LogP contribution < -0.4 is 14.8 Å². The molecule has 1 aromatic heterocycles. The van der Waals surface area contributed by atoms with Crippen molar-refractivity contribution in [2.24, 2.45) is 0 Å². The Hall–Kier alpha value is -3.40. The van der Waals surface area contributed by atoms with Gasteiger partial charge >= 0.3 is 17.8 Å². The van der Waals surface area contributed by atoms with Crippen LogP contribution in [-0.4, -0.2) is 53.3 Å². The molecule has 2 aliphatic rings. The van der Waals surface area contributed by atoms with Gasteiger partial charge in [-0.15, -0.1) is 11.3 Å². The van der Waals surface area contributed by atoms with Gasteiger partial charge in [-0.05, 0) is 23.6 Å². The van der Waals surface area contributed by atoms with Crippen LogP contribution >= 0.6 is 11.3 Å². The molecule has 0 spiro atoms. The highest BCUT2D eigenvalue weighted by molar-refractivity contribution is 7.09. The quantitative estimate of drug-likeness (QED) is 0.601. The summed E-state index contributed by atoms with van der Waals surface area (Å²) < 4.78 is 10.9. The summed E-state index contributed by atoms with van der Waals surface area (Å²) in [6, 6.07) is 7.60. The smallest absolute Gasteiger partial charge is 0.335 e. The van der Waals surface area contributed by atoms with E-state index in [1.165, 1.54) is 11.3 Å². The first-order valence-electron chi connectivity index (χ1n) is 8.42. The number of hydrogen-bond acceptors (Lipinski definition) is 7. The third-order valence-electron chi connectivity index (χ3n) is 4.16. The number of hydrogen-bond donors (Lipinski definition) is 1. The molecule has 144 valence electrons. The number of urea groups is 1. The zero-order valence-electron chi connectivity index (χ0n) is 14.5. The Balaban J connectivity index is 1.42. The summed E-state index contributed by atoms with van der Waals surface area (Å²) in [5.41, 5.74) is 0.426. The summed E-state index contributed by atoms with van der Waals surface area (Å²) in [5.74, 6) is -1.49. The van der Waals surface area contributed by atoms with E-state index in [0.717, 1.165) is 9.78 Å². The third kappa shape index (κ3) is 3.41. The molecule has 1 fully saturated rings. The van der Waals surface area contributed by atoms with Gasteiger partial charge in [0.05, 0.1) is 6.54 Å². The zero-order valence-corrected chi connectivity index (χ0v) is 15.4. The molecule has 0 radical (unpaired) electrons. The Bertz CT molecular complexity index is 958. The Morgan fingerprint density at radius 1 is 1.04 bits per heavy atom. The number of ether oxygens (including phenoxy) is 2. The van der Waals surface area contributed by atoms with Gasteiger partial charge in [-0.2, -0.15) is 0 Å². The van der Waals surface area contributed by atoms with Gasteiger partial charge in [0, 0.05) is 16.6 Å². The number of amides is 5. The van der Waals surface area contributed by atoms with Crippen LogP contribution in [0, 0.1) is 0 Å². The highest BCUT2D eigenvalue weighted by Gasteiger charge is 2.45. The molecule has 1 N–H and O–H groups in total. The monoisotopic (exact) mass is 401 g/mol. The number of anilines is 1. The molecule has 0 saturated carbocycles. The van der Waals surface area contributed by atoms with Crippen molar-refractivity contribution in [3.8, 4) is 11.5 Å². The number of rotatable bonds is 5. The second-order valence-corrected chi connectivity index (χ2v) is 7.08. The van der Waals surface area contributed by atoms with Crippen molar-refractivity contribution in [2.45, 2.75) is 6.54 Å². The van der Waals surface area contributed by atoms with Gasteiger partial charge in [0.2, 0.25) is 5.91 Å². The molecule has 1 saturated heterocycles. The van der Waals surface area contributed by atoms with E-state index in [1.54, 1.807) is 35.7 Å². The van der Waals surface area contributed by atoms with Crippen molar-refractivity contribution in [3.63, 3.8) is 0 Å². The maximum absolute atomic E-state index is 12.4. The number of imide groups is 2. The molecule has 28 heavy (non-hydrogen) atoms. The van der Waals surface area contributed by atoms with E-state index in [4.69, 9.17) is 9.47 Å². The van der Waals surface area contributed by atoms with Gasteiger partial charge in [-0.3, -0.25) is 19.3 Å². The largest absolute Gasteiger partial charge is 0.486 e. The van der Waals surface area contributed by atoms with Crippen molar-refractivity contribution >= 4 is 40.8 Å². The van der Waals surface area contributed by atoms with Crippen molar-refractivity contribution in [3.05, 3.63) is 40.6 Å². The SMILES string of the molecule is O=C(CN1C(=O)C(=O)N(Cc2cccs2)C1=O)Nc1ccc2c(c1)OCCO2. The first-order chi connectivity index (χ1) is 13.5. The molecule has 0 aliphatic carbocycles. The Morgan fingerprint density at radius 3 is 2.54 bits per heavy atom. The number of benzene rings is 1. The fourth-order valence-corrected chi connectivity index (χ4v) is 3.55. The van der Waals surface area contributed by atoms with E-state index in [0.29, 0.717) is 35.3 Å². The van der Waals surface area contributed by atoms with Crippen LogP contribution in [0.3, 0.4) is 0 Å². The molecule has 2 aromatic rings. The van der Waals surface area contributed by atoms with Gasteiger partial charge in [0.25, 0.3) is 0 Å². The lowest BCUT2D eigenvalue weighted by Gasteiger charge is -2.19. The van der Waals surface area contributed by atoms with Crippen LogP contribution in [0.15, 0.2) is 35.7 Å². The molecule has 0 atom stereocenters. The van der Waals surface area contributed by atoms with Gasteiger partial charge in [0.15, 0.2) is 11.5 Å². The molecule has 0 bridgehead atoms. The lowest BCUT2D eigenvalue weighted by molar-refractivity contribution is -0.143. The maximum atomic E-state index is 12.4. The predicted molar refractivity (Wildman–Crippen MR) is 98.0 cm³/mol. The first-order valence-corrected chi connectivity index (χ1v) is 9.30. The second kappa shape index (κ2) is 7.31. The summed E-state index contributed by atoms with van der Waals surface area (Å²) in [6.45, 7) is 0.303. The van der Waals surface area contributed by atoms with E-state index in [-0.39, 0.29) is 6.54 Å². The van der Waals surface area contributed by atoms with Crippen LogP contribution in [0.1, 0.15) is 4.88 Å². The average molecular weight is 401 g/mol. The van der Waals surface area contributed by atoms with Crippen molar-refractivity contribution < 1.29 is 28.7 Å². The second-order valence-electron chi connectivity index (χ2n) is 6.05. The van der Waals surface area contributed by atoms with Crippen LogP contribution in [0.2, 0.25) is 0 Å². The van der Waals surface area contributed by atoms with Crippen molar-refractivity contribution in [1.29, 1.82) is 0 Å². The number of thiophene rings is 1. The average Bonchev–Trinajstić information content (AvgIpc) is 3.27. The molecule has 1 aromatic carbocycles. The van der Waals surface area contributed by atoms with Gasteiger partial charge in [-0.25, -0.2) is 9.69 Å². The van der Waals surface area contributed by atoms with Crippen molar-refractivity contribution in [1.82, 2.24) is 9.80 Å². The topological polar surface area (TPSA) is 105 Å². The minimum absolute atomic E-state index is 0.00134. The first kappa shape index (κ1) is 18.0. The van der Waals surface area contributed by atoms with E-state index in [2.05, 4.69) is 5.32 Å². The highest BCUT2D eigenvalue weighted by Crippen LogP contribution is 2.32. The van der Waals surface area contributed by atoms with Crippen LogP contribution in [0.4, 0.5) is 10.5 Å². The lowest BCUT2D eigenvalue weighted by atomic mass is 10.2. The number of fused-ring (bicyclic) bond motifs is 1. The molecule has 4 rings (SSSR count). The van der Waals surface area contributed by atoms with E-state index >= 15 is 0 Å². The number of carbonyl (C=O) groups is 4. The van der Waals surface area contributed by atoms with Gasteiger partial charge in [0.1, 0.15) is 19.8 Å². The molecular formula is C18H15N3O6S. The summed E-state index contributed by atoms with van der Waals surface area (Å²) in [4.78, 5) is 51.2. The number of nitrogens with one attached hydrogen (secondary N) is 1. The summed E-state index contributed by atoms with van der Waals surface area (Å²) in [7, 11) is 0. The Labute approximate surface area is 163 Å². The minimum Gasteiger partial charge on any atom is -0.486 e. The standard InChI is InChI=1S/C18H15N3O6S/c22-15(19-11-3-4-13-14(8-11)27-6-5-26-13)10-21-17(24)16(23)20(18(21)25)9-12-2-1-7-28-12/h1-4,7-8H,5-6,9-10H2,(H,19,22). The van der Waals surface area contributed by atoms with Crippen molar-refractivity contribution in [2.75, 3.05) is 25.1 Å². The van der Waals surface area contributed by atoms with Crippen LogP contribution in [-0.2, 0) is 20.9 Å².